The first-order valence-electron chi connectivity index (χ1n) is 9.02. The molecule has 27 heavy (non-hydrogen) atoms. The second-order valence-electron chi connectivity index (χ2n) is 6.34. The molecule has 0 aliphatic carbocycles. The number of hydrogen-bond donors (Lipinski definition) is 3. The Morgan fingerprint density at radius 3 is 2.48 bits per heavy atom. The predicted molar refractivity (Wildman–Crippen MR) is 122 cm³/mol. The topological polar surface area (TPSA) is 65.9 Å². The number of rotatable bonds is 8. The van der Waals surface area contributed by atoms with Crippen LogP contribution in [0.15, 0.2) is 53.5 Å². The van der Waals surface area contributed by atoms with Gasteiger partial charge in [-0.2, -0.15) is 0 Å². The molecule has 1 unspecified atom stereocenters. The van der Waals surface area contributed by atoms with Crippen molar-refractivity contribution in [3.63, 3.8) is 0 Å². The van der Waals surface area contributed by atoms with Crippen molar-refractivity contribution in [1.29, 1.82) is 0 Å². The van der Waals surface area contributed by atoms with Gasteiger partial charge in [-0.05, 0) is 44.0 Å². The van der Waals surface area contributed by atoms with E-state index in [1.54, 1.807) is 0 Å². The van der Waals surface area contributed by atoms with Gasteiger partial charge in [0.2, 0.25) is 0 Å². The number of guanidine groups is 1. The standard InChI is InChI=1S/C21H29N3O2.HI/c1-4-22-21(23-13-18-10-8-16(2)9-11-18)24-14-19(25)15-26-20-7-5-6-17(3)12-20;/h5-12,19,25H,4,13-15H2,1-3H3,(H2,22,23,24);1H. The van der Waals surface area contributed by atoms with Crippen LogP contribution in [0.5, 0.6) is 5.75 Å². The summed E-state index contributed by atoms with van der Waals surface area (Å²) in [5, 5.41) is 16.5. The Hall–Kier alpha value is -1.80. The van der Waals surface area contributed by atoms with Crippen LogP contribution in [-0.4, -0.2) is 36.9 Å². The molecule has 0 bridgehead atoms. The van der Waals surface area contributed by atoms with Crippen molar-refractivity contribution in [1.82, 2.24) is 10.6 Å². The lowest BCUT2D eigenvalue weighted by Gasteiger charge is -2.16. The molecule has 0 aliphatic rings. The van der Waals surface area contributed by atoms with Gasteiger partial charge in [0, 0.05) is 13.1 Å². The smallest absolute Gasteiger partial charge is 0.191 e. The van der Waals surface area contributed by atoms with Gasteiger partial charge >= 0.3 is 0 Å². The van der Waals surface area contributed by atoms with Crippen molar-refractivity contribution in [3.05, 3.63) is 65.2 Å². The fraction of sp³-hybridized carbons (Fsp3) is 0.381. The van der Waals surface area contributed by atoms with Crippen LogP contribution in [0.3, 0.4) is 0 Å². The minimum Gasteiger partial charge on any atom is -0.491 e. The summed E-state index contributed by atoms with van der Waals surface area (Å²) in [5.74, 6) is 1.45. The van der Waals surface area contributed by atoms with Crippen LogP contribution in [0, 0.1) is 13.8 Å². The molecule has 0 saturated carbocycles. The molecule has 0 amide bonds. The first-order chi connectivity index (χ1) is 12.6. The second-order valence-corrected chi connectivity index (χ2v) is 6.34. The van der Waals surface area contributed by atoms with Gasteiger partial charge in [0.05, 0.1) is 6.54 Å². The lowest BCUT2D eigenvalue weighted by Crippen LogP contribution is -2.42. The van der Waals surface area contributed by atoms with Crippen LogP contribution in [-0.2, 0) is 6.54 Å². The number of nitrogens with zero attached hydrogens (tertiary/aromatic N) is 1. The molecule has 2 aromatic carbocycles. The van der Waals surface area contributed by atoms with Gasteiger partial charge in [-0.1, -0.05) is 42.0 Å². The summed E-state index contributed by atoms with van der Waals surface area (Å²) in [6, 6.07) is 16.1. The fourth-order valence-corrected chi connectivity index (χ4v) is 2.38. The first kappa shape index (κ1) is 23.2. The van der Waals surface area contributed by atoms with E-state index in [1.807, 2.05) is 38.1 Å². The lowest BCUT2D eigenvalue weighted by atomic mass is 10.1. The van der Waals surface area contributed by atoms with Crippen molar-refractivity contribution in [2.24, 2.45) is 4.99 Å². The summed E-state index contributed by atoms with van der Waals surface area (Å²) >= 11 is 0. The summed E-state index contributed by atoms with van der Waals surface area (Å²) in [7, 11) is 0. The molecule has 2 aromatic rings. The van der Waals surface area contributed by atoms with Crippen LogP contribution in [0.25, 0.3) is 0 Å². The van der Waals surface area contributed by atoms with Gasteiger partial charge in [0.15, 0.2) is 5.96 Å². The molecule has 5 nitrogen and oxygen atoms in total. The molecule has 0 heterocycles. The summed E-state index contributed by atoms with van der Waals surface area (Å²) in [6.45, 7) is 8.04. The van der Waals surface area contributed by atoms with E-state index in [9.17, 15) is 5.11 Å². The zero-order valence-corrected chi connectivity index (χ0v) is 18.6. The average Bonchev–Trinajstić information content (AvgIpc) is 2.63. The first-order valence-corrected chi connectivity index (χ1v) is 9.02. The normalized spacial score (nSPS) is 12.1. The quantitative estimate of drug-likeness (QED) is 0.306. The Kier molecular flexibility index (Phi) is 10.8. The van der Waals surface area contributed by atoms with Gasteiger partial charge in [-0.25, -0.2) is 4.99 Å². The molecule has 0 fully saturated rings. The molecule has 0 spiro atoms. The molecule has 6 heteroatoms. The second kappa shape index (κ2) is 12.6. The summed E-state index contributed by atoms with van der Waals surface area (Å²) in [6.07, 6.45) is -0.626. The molecule has 0 saturated heterocycles. The highest BCUT2D eigenvalue weighted by Gasteiger charge is 2.07. The summed E-state index contributed by atoms with van der Waals surface area (Å²) < 4.78 is 5.63. The van der Waals surface area contributed by atoms with Crippen LogP contribution >= 0.6 is 24.0 Å². The third kappa shape index (κ3) is 9.10. The van der Waals surface area contributed by atoms with E-state index in [2.05, 4.69) is 46.8 Å². The van der Waals surface area contributed by atoms with Crippen molar-refractivity contribution < 1.29 is 9.84 Å². The molecule has 2 rings (SSSR count). The van der Waals surface area contributed by atoms with E-state index in [0.29, 0.717) is 19.0 Å². The van der Waals surface area contributed by atoms with Crippen molar-refractivity contribution in [2.75, 3.05) is 19.7 Å². The van der Waals surface area contributed by atoms with E-state index >= 15 is 0 Å². The molecule has 0 radical (unpaired) electrons. The summed E-state index contributed by atoms with van der Waals surface area (Å²) in [4.78, 5) is 4.56. The third-order valence-corrected chi connectivity index (χ3v) is 3.82. The van der Waals surface area contributed by atoms with Gasteiger partial charge < -0.3 is 20.5 Å². The molecule has 0 aliphatic heterocycles. The van der Waals surface area contributed by atoms with E-state index < -0.39 is 6.10 Å². The maximum atomic E-state index is 10.1. The Balaban J connectivity index is 0.00000364. The number of halogens is 1. The fourth-order valence-electron chi connectivity index (χ4n) is 2.38. The van der Waals surface area contributed by atoms with Gasteiger partial charge in [0.25, 0.3) is 0 Å². The van der Waals surface area contributed by atoms with Crippen molar-refractivity contribution in [3.8, 4) is 5.75 Å². The Bertz CT molecular complexity index is 705. The van der Waals surface area contributed by atoms with Gasteiger partial charge in [-0.15, -0.1) is 24.0 Å². The lowest BCUT2D eigenvalue weighted by molar-refractivity contribution is 0.110. The number of benzene rings is 2. The largest absolute Gasteiger partial charge is 0.491 e. The zero-order chi connectivity index (χ0) is 18.8. The number of ether oxygens (including phenoxy) is 1. The molecular formula is C21H30IN3O2. The van der Waals surface area contributed by atoms with E-state index in [-0.39, 0.29) is 30.6 Å². The number of aliphatic imine (C=N–C) groups is 1. The molecule has 3 N–H and O–H groups in total. The van der Waals surface area contributed by atoms with Gasteiger partial charge in [-0.3, -0.25) is 0 Å². The monoisotopic (exact) mass is 483 g/mol. The van der Waals surface area contributed by atoms with Crippen LogP contribution in [0.1, 0.15) is 23.6 Å². The number of hydrogen-bond acceptors (Lipinski definition) is 3. The van der Waals surface area contributed by atoms with Crippen LogP contribution in [0.4, 0.5) is 0 Å². The van der Waals surface area contributed by atoms with E-state index in [4.69, 9.17) is 4.74 Å². The molecular weight excluding hydrogens is 453 g/mol. The highest BCUT2D eigenvalue weighted by atomic mass is 127. The van der Waals surface area contributed by atoms with Crippen LogP contribution < -0.4 is 15.4 Å². The Morgan fingerprint density at radius 2 is 1.81 bits per heavy atom. The van der Waals surface area contributed by atoms with Gasteiger partial charge in [0.1, 0.15) is 18.5 Å². The maximum absolute atomic E-state index is 10.1. The highest BCUT2D eigenvalue weighted by Crippen LogP contribution is 2.12. The number of aliphatic hydroxyl groups excluding tert-OH is 1. The van der Waals surface area contributed by atoms with E-state index in [1.165, 1.54) is 5.56 Å². The minimum atomic E-state index is -0.626. The number of nitrogens with one attached hydrogen (secondary N) is 2. The summed E-state index contributed by atoms with van der Waals surface area (Å²) in [5.41, 5.74) is 3.52. The Morgan fingerprint density at radius 1 is 1.07 bits per heavy atom. The zero-order valence-electron chi connectivity index (χ0n) is 16.2. The molecule has 1 atom stereocenters. The molecule has 0 aromatic heterocycles. The minimum absolute atomic E-state index is 0. The maximum Gasteiger partial charge on any atom is 0.191 e. The average molecular weight is 483 g/mol. The van der Waals surface area contributed by atoms with E-state index in [0.717, 1.165) is 23.4 Å². The van der Waals surface area contributed by atoms with Crippen molar-refractivity contribution in [2.45, 2.75) is 33.4 Å². The van der Waals surface area contributed by atoms with Crippen molar-refractivity contribution >= 4 is 29.9 Å². The number of aliphatic hydroxyl groups is 1. The predicted octanol–water partition coefficient (Wildman–Crippen LogP) is 3.42. The Labute approximate surface area is 179 Å². The molecule has 148 valence electrons. The SMILES string of the molecule is CCNC(=NCc1ccc(C)cc1)NCC(O)COc1cccc(C)c1.I. The number of aryl methyl sites for hydroxylation is 2. The third-order valence-electron chi connectivity index (χ3n) is 3.82. The van der Waals surface area contributed by atoms with Crippen LogP contribution in [0.2, 0.25) is 0 Å². The highest BCUT2D eigenvalue weighted by molar-refractivity contribution is 14.0.